The molecule has 1 nitrogen and oxygen atoms in total. The van der Waals surface area contributed by atoms with Crippen molar-refractivity contribution >= 4 is 0 Å². The van der Waals surface area contributed by atoms with Crippen LogP contribution < -0.4 is 0 Å². The minimum Gasteiger partial charge on any atom is -0.389 e. The summed E-state index contributed by atoms with van der Waals surface area (Å²) in [4.78, 5) is 0. The smallest absolute Gasteiger partial charge is 0.0762 e. The normalized spacial score (nSPS) is 12.4. The number of benzene rings is 2. The van der Waals surface area contributed by atoms with Gasteiger partial charge in [-0.05, 0) is 41.7 Å². The maximum absolute atomic E-state index is 9.61. The van der Waals surface area contributed by atoms with Crippen LogP contribution in [0.2, 0.25) is 0 Å². The average molecular weight is 240 g/mol. The van der Waals surface area contributed by atoms with Gasteiger partial charge in [0.05, 0.1) is 6.10 Å². The van der Waals surface area contributed by atoms with Gasteiger partial charge >= 0.3 is 0 Å². The highest BCUT2D eigenvalue weighted by Crippen LogP contribution is 2.23. The highest BCUT2D eigenvalue weighted by atomic mass is 16.3. The summed E-state index contributed by atoms with van der Waals surface area (Å²) in [5.41, 5.74) is 4.71. The number of aryl methyl sites for hydroxylation is 1. The molecule has 2 aromatic carbocycles. The maximum Gasteiger partial charge on any atom is 0.0762 e. The first-order valence-corrected chi connectivity index (χ1v) is 6.58. The van der Waals surface area contributed by atoms with Gasteiger partial charge in [-0.15, -0.1) is 0 Å². The first kappa shape index (κ1) is 12.8. The van der Waals surface area contributed by atoms with E-state index in [1.165, 1.54) is 17.5 Å². The number of hydrogen-bond donors (Lipinski definition) is 1. The Balaban J connectivity index is 2.28. The molecule has 1 unspecified atom stereocenters. The molecule has 0 spiro atoms. The Kier molecular flexibility index (Phi) is 4.16. The van der Waals surface area contributed by atoms with E-state index in [-0.39, 0.29) is 0 Å². The lowest BCUT2D eigenvalue weighted by Gasteiger charge is -2.08. The van der Waals surface area contributed by atoms with Crippen LogP contribution in [0.15, 0.2) is 48.5 Å². The molecule has 18 heavy (non-hydrogen) atoms. The van der Waals surface area contributed by atoms with E-state index in [1.54, 1.807) is 6.92 Å². The van der Waals surface area contributed by atoms with Crippen LogP contribution in [-0.4, -0.2) is 5.11 Å². The van der Waals surface area contributed by atoms with Crippen molar-refractivity contribution in [2.45, 2.75) is 32.8 Å². The van der Waals surface area contributed by atoms with Gasteiger partial charge in [-0.1, -0.05) is 55.8 Å². The molecule has 0 aliphatic carbocycles. The molecular weight excluding hydrogens is 220 g/mol. The topological polar surface area (TPSA) is 20.2 Å². The van der Waals surface area contributed by atoms with Crippen LogP contribution >= 0.6 is 0 Å². The first-order valence-electron chi connectivity index (χ1n) is 6.58. The summed E-state index contributed by atoms with van der Waals surface area (Å²) in [7, 11) is 0. The van der Waals surface area contributed by atoms with Gasteiger partial charge in [0.25, 0.3) is 0 Å². The van der Waals surface area contributed by atoms with E-state index >= 15 is 0 Å². The molecule has 2 aromatic rings. The van der Waals surface area contributed by atoms with Gasteiger partial charge < -0.3 is 5.11 Å². The second kappa shape index (κ2) is 5.83. The van der Waals surface area contributed by atoms with E-state index < -0.39 is 6.10 Å². The van der Waals surface area contributed by atoms with Crippen molar-refractivity contribution in [2.75, 3.05) is 0 Å². The summed E-state index contributed by atoms with van der Waals surface area (Å²) in [6.07, 6.45) is 1.90. The Bertz CT molecular complexity index is 497. The van der Waals surface area contributed by atoms with Crippen LogP contribution in [0.25, 0.3) is 11.1 Å². The number of aliphatic hydroxyl groups is 1. The Morgan fingerprint density at radius 1 is 1.00 bits per heavy atom. The summed E-state index contributed by atoms with van der Waals surface area (Å²) in [6, 6.07) is 16.8. The van der Waals surface area contributed by atoms with Crippen LogP contribution in [0, 0.1) is 0 Å². The van der Waals surface area contributed by atoms with Gasteiger partial charge in [-0.2, -0.15) is 0 Å². The molecule has 0 saturated carbocycles. The van der Waals surface area contributed by atoms with Crippen LogP contribution in [0.3, 0.4) is 0 Å². The Hall–Kier alpha value is -1.60. The largest absolute Gasteiger partial charge is 0.389 e. The van der Waals surface area contributed by atoms with Crippen molar-refractivity contribution in [3.05, 3.63) is 59.7 Å². The summed E-state index contributed by atoms with van der Waals surface area (Å²) in [5, 5.41) is 9.61. The van der Waals surface area contributed by atoms with Gasteiger partial charge in [0, 0.05) is 0 Å². The van der Waals surface area contributed by atoms with E-state index in [0.717, 1.165) is 17.5 Å². The molecule has 0 fully saturated rings. The lowest BCUT2D eigenvalue weighted by molar-refractivity contribution is 0.199. The van der Waals surface area contributed by atoms with Gasteiger partial charge in [-0.3, -0.25) is 0 Å². The molecule has 0 aromatic heterocycles. The molecule has 1 N–H and O–H groups in total. The third-order valence-corrected chi connectivity index (χ3v) is 3.19. The van der Waals surface area contributed by atoms with E-state index in [1.807, 2.05) is 12.1 Å². The predicted molar refractivity (Wildman–Crippen MR) is 76.5 cm³/mol. The Morgan fingerprint density at radius 3 is 2.33 bits per heavy atom. The minimum atomic E-state index is -0.413. The molecule has 1 heteroatoms. The molecule has 0 radical (unpaired) electrons. The third kappa shape index (κ3) is 2.99. The molecule has 2 rings (SSSR count). The fraction of sp³-hybridized carbons (Fsp3) is 0.294. The SMILES string of the molecule is CCCc1ccc(-c2cccc(C(C)O)c2)cc1. The van der Waals surface area contributed by atoms with Gasteiger partial charge in [-0.25, -0.2) is 0 Å². The van der Waals surface area contributed by atoms with Crippen molar-refractivity contribution in [3.63, 3.8) is 0 Å². The van der Waals surface area contributed by atoms with Crippen molar-refractivity contribution in [2.24, 2.45) is 0 Å². The minimum absolute atomic E-state index is 0.413. The van der Waals surface area contributed by atoms with Crippen LogP contribution in [0.1, 0.15) is 37.5 Å². The quantitative estimate of drug-likeness (QED) is 0.842. The molecule has 0 saturated heterocycles. The average Bonchev–Trinajstić information content (AvgIpc) is 2.40. The lowest BCUT2D eigenvalue weighted by atomic mass is 9.99. The lowest BCUT2D eigenvalue weighted by Crippen LogP contribution is -1.91. The van der Waals surface area contributed by atoms with Crippen molar-refractivity contribution in [1.82, 2.24) is 0 Å². The molecule has 0 amide bonds. The molecular formula is C17H20O. The second-order valence-electron chi connectivity index (χ2n) is 4.75. The number of rotatable bonds is 4. The highest BCUT2D eigenvalue weighted by Gasteiger charge is 2.03. The van der Waals surface area contributed by atoms with Crippen molar-refractivity contribution < 1.29 is 5.11 Å². The number of aliphatic hydroxyl groups excluding tert-OH is 1. The Morgan fingerprint density at radius 2 is 1.72 bits per heavy atom. The summed E-state index contributed by atoms with van der Waals surface area (Å²) in [5.74, 6) is 0. The number of hydrogen-bond acceptors (Lipinski definition) is 1. The van der Waals surface area contributed by atoms with E-state index in [9.17, 15) is 5.11 Å². The van der Waals surface area contributed by atoms with Gasteiger partial charge in [0.15, 0.2) is 0 Å². The van der Waals surface area contributed by atoms with Gasteiger partial charge in [0.2, 0.25) is 0 Å². The summed E-state index contributed by atoms with van der Waals surface area (Å²) >= 11 is 0. The molecule has 94 valence electrons. The molecule has 0 aliphatic heterocycles. The van der Waals surface area contributed by atoms with Crippen molar-refractivity contribution in [3.8, 4) is 11.1 Å². The molecule has 0 aliphatic rings. The summed E-state index contributed by atoms with van der Waals surface area (Å²) in [6.45, 7) is 3.99. The van der Waals surface area contributed by atoms with Crippen molar-refractivity contribution in [1.29, 1.82) is 0 Å². The zero-order valence-corrected chi connectivity index (χ0v) is 11.1. The highest BCUT2D eigenvalue weighted by molar-refractivity contribution is 5.64. The zero-order valence-electron chi connectivity index (χ0n) is 11.1. The zero-order chi connectivity index (χ0) is 13.0. The van der Waals surface area contributed by atoms with E-state index in [2.05, 4.69) is 43.3 Å². The fourth-order valence-corrected chi connectivity index (χ4v) is 2.13. The van der Waals surface area contributed by atoms with Crippen LogP contribution in [0.5, 0.6) is 0 Å². The summed E-state index contributed by atoms with van der Waals surface area (Å²) < 4.78 is 0. The molecule has 0 heterocycles. The fourth-order valence-electron chi connectivity index (χ4n) is 2.13. The van der Waals surface area contributed by atoms with E-state index in [0.29, 0.717) is 0 Å². The first-order chi connectivity index (χ1) is 8.70. The molecule has 1 atom stereocenters. The second-order valence-corrected chi connectivity index (χ2v) is 4.75. The standard InChI is InChI=1S/C17H20O/c1-3-5-14-8-10-15(11-9-14)17-7-4-6-16(12-17)13(2)18/h4,6-13,18H,3,5H2,1-2H3. The molecule has 0 bridgehead atoms. The Labute approximate surface area is 109 Å². The van der Waals surface area contributed by atoms with Crippen LogP contribution in [-0.2, 0) is 6.42 Å². The van der Waals surface area contributed by atoms with E-state index in [4.69, 9.17) is 0 Å². The maximum atomic E-state index is 9.61. The van der Waals surface area contributed by atoms with Gasteiger partial charge in [0.1, 0.15) is 0 Å². The third-order valence-electron chi connectivity index (χ3n) is 3.19. The predicted octanol–water partition coefficient (Wildman–Crippen LogP) is 4.36. The monoisotopic (exact) mass is 240 g/mol. The van der Waals surface area contributed by atoms with Crippen LogP contribution in [0.4, 0.5) is 0 Å².